The van der Waals surface area contributed by atoms with Crippen LogP contribution in [-0.4, -0.2) is 5.43 Å². The van der Waals surface area contributed by atoms with Crippen molar-refractivity contribution in [2.24, 2.45) is 0 Å². The number of benzene rings is 4. The Hall–Kier alpha value is -2.22. The molecule has 0 amide bonds. The van der Waals surface area contributed by atoms with Gasteiger partial charge in [0.05, 0.1) is 0 Å². The molecule has 6 aromatic carbocycles. The summed E-state index contributed by atoms with van der Waals surface area (Å²) in [6.07, 6.45) is 0. The van der Waals surface area contributed by atoms with Crippen molar-refractivity contribution in [1.29, 1.82) is 0 Å². The van der Waals surface area contributed by atoms with Crippen LogP contribution in [0.2, 0.25) is 13.1 Å². The number of hydrogen-bond acceptors (Lipinski definition) is 0. The van der Waals surface area contributed by atoms with Gasteiger partial charge in [0.25, 0.3) is 0 Å². The van der Waals surface area contributed by atoms with Gasteiger partial charge in [0.2, 0.25) is 0 Å². The van der Waals surface area contributed by atoms with E-state index in [1.54, 1.807) is 23.3 Å². The Bertz CT molecular complexity index is 1770. The topological polar surface area (TPSA) is 0 Å². The third-order valence-corrected chi connectivity index (χ3v) is 7.45. The van der Waals surface area contributed by atoms with E-state index >= 15 is 0 Å². The molecule has 0 N–H and O–H groups in total. The fourth-order valence-corrected chi connectivity index (χ4v) is 5.43. The van der Waals surface area contributed by atoms with E-state index in [4.69, 9.17) is 0 Å². The summed E-state index contributed by atoms with van der Waals surface area (Å²) >= 11 is 1.74. The molecule has 0 unspecified atom stereocenters. The first kappa shape index (κ1) is 38.0. The van der Waals surface area contributed by atoms with Crippen LogP contribution in [0.1, 0.15) is 57.2 Å². The first-order chi connectivity index (χ1) is 20.0. The predicted molar refractivity (Wildman–Crippen MR) is 185 cm³/mol. The molecule has 0 aliphatic heterocycles. The van der Waals surface area contributed by atoms with E-state index < -0.39 is 0 Å². The Balaban J connectivity index is 0.000000264. The second kappa shape index (κ2) is 16.9. The van der Waals surface area contributed by atoms with E-state index in [1.807, 2.05) is 0 Å². The maximum Gasteiger partial charge on any atom is -0.0279 e. The zero-order valence-electron chi connectivity index (χ0n) is 27.3. The Morgan fingerprint density at radius 3 is 1.68 bits per heavy atom. The summed E-state index contributed by atoms with van der Waals surface area (Å²) < 4.78 is 0. The Morgan fingerprint density at radius 1 is 0.659 bits per heavy atom. The molecule has 0 fully saturated rings. The van der Waals surface area contributed by atoms with Gasteiger partial charge in [-0.2, -0.15) is 12.1 Å². The summed E-state index contributed by atoms with van der Waals surface area (Å²) in [5.41, 5.74) is 9.84. The molecule has 6 aromatic rings. The fraction of sp³-hybridized carbons (Fsp3) is 0.250. The van der Waals surface area contributed by atoms with Crippen LogP contribution >= 0.6 is 0 Å². The molecular weight excluding hydrogens is 671 g/mol. The molecule has 0 spiro atoms. The van der Waals surface area contributed by atoms with Gasteiger partial charge in [-0.3, -0.25) is 0 Å². The number of aryl methyl sites for hydroxylation is 1. The van der Waals surface area contributed by atoms with Gasteiger partial charge in [0.15, 0.2) is 0 Å². The minimum Gasteiger partial charge on any atom is -1.00 e. The zero-order valence-corrected chi connectivity index (χ0v) is 32.3. The number of rotatable bonds is 3. The van der Waals surface area contributed by atoms with Crippen LogP contribution in [0.4, 0.5) is 0 Å². The number of halogens is 2. The summed E-state index contributed by atoms with van der Waals surface area (Å²) in [6, 6.07) is 41.7. The predicted octanol–water partition coefficient (Wildman–Crippen LogP) is 5.97. The summed E-state index contributed by atoms with van der Waals surface area (Å²) in [5, 5.41) is 5.49. The van der Waals surface area contributed by atoms with Gasteiger partial charge in [-0.05, 0) is 22.5 Å². The smallest absolute Gasteiger partial charge is 0.0279 e. The van der Waals surface area contributed by atoms with E-state index in [1.165, 1.54) is 60.5 Å². The van der Waals surface area contributed by atoms with E-state index in [9.17, 15) is 0 Å². The zero-order chi connectivity index (χ0) is 30.4. The number of hydrogen-bond donors (Lipinski definition) is 0. The molecule has 0 bridgehead atoms. The molecule has 44 heavy (non-hydrogen) atoms. The minimum atomic E-state index is 0. The van der Waals surface area contributed by atoms with E-state index in [2.05, 4.69) is 170 Å². The molecule has 0 radical (unpaired) electrons. The summed E-state index contributed by atoms with van der Waals surface area (Å²) in [4.78, 5) is 0. The molecule has 0 atom stereocenters. The Morgan fingerprint density at radius 2 is 1.18 bits per heavy atom. The SMILES string of the molecule is CC(C)c1cc2c(-c3ccccc3)cccc2[cH-]1.C[Si](C)=[Zr+2].Cc1cc2c(-c3ccccc3)ccc(C(C)(C)C)c2[cH-]1.[Cl-].[Cl-]. The summed E-state index contributed by atoms with van der Waals surface area (Å²) in [5.74, 6) is 0.584. The van der Waals surface area contributed by atoms with Crippen LogP contribution in [0.15, 0.2) is 115 Å². The van der Waals surface area contributed by atoms with Gasteiger partial charge in [0.1, 0.15) is 0 Å². The second-order valence-corrected chi connectivity index (χ2v) is 22.1. The van der Waals surface area contributed by atoms with Crippen molar-refractivity contribution in [1.82, 2.24) is 0 Å². The molecule has 0 saturated heterocycles. The molecule has 4 heteroatoms. The molecule has 0 aliphatic rings. The van der Waals surface area contributed by atoms with Crippen molar-refractivity contribution >= 4 is 27.0 Å². The average molecular weight is 715 g/mol. The summed E-state index contributed by atoms with van der Waals surface area (Å²) in [6.45, 7) is 18.1. The van der Waals surface area contributed by atoms with Gasteiger partial charge in [-0.15, -0.1) is 68.6 Å². The van der Waals surface area contributed by atoms with E-state index in [0.29, 0.717) is 5.92 Å². The quantitative estimate of drug-likeness (QED) is 0.157. The standard InChI is InChI=1S/C20H21.C18H17.C2H6Si.2ClH.Zr/c1-14-12-17-16(15-8-6-5-7-9-15)10-11-19(18(17)13-14)20(2,3)4;1-13(2)16-11-15-9-6-10-17(18(15)12-16)14-7-4-3-5-8-14;1-3-2;;;/h5-13H,1-4H3;3-13H,1-2H3;1-2H3;2*1H;/q2*-1;;;;+2/p-2. The van der Waals surface area contributed by atoms with Gasteiger partial charge in [-0.25, -0.2) is 0 Å². The first-order valence-corrected chi connectivity index (χ1v) is 21.2. The van der Waals surface area contributed by atoms with Crippen LogP contribution < -0.4 is 24.8 Å². The normalized spacial score (nSPS) is 10.7. The van der Waals surface area contributed by atoms with Crippen molar-refractivity contribution in [3.8, 4) is 22.3 Å². The molecule has 0 aromatic heterocycles. The van der Waals surface area contributed by atoms with Gasteiger partial charge < -0.3 is 24.8 Å². The first-order valence-electron chi connectivity index (χ1n) is 15.0. The Kier molecular flexibility index (Phi) is 14.6. The van der Waals surface area contributed by atoms with Crippen LogP contribution in [0.25, 0.3) is 43.8 Å². The molecule has 228 valence electrons. The van der Waals surface area contributed by atoms with Crippen molar-refractivity contribution in [2.75, 3.05) is 0 Å². The molecule has 0 heterocycles. The average Bonchev–Trinajstić information content (AvgIpc) is 3.56. The largest absolute Gasteiger partial charge is 1.00 e. The van der Waals surface area contributed by atoms with Crippen LogP contribution in [-0.2, 0) is 28.8 Å². The van der Waals surface area contributed by atoms with E-state index in [0.717, 1.165) is 0 Å². The molecule has 0 nitrogen and oxygen atoms in total. The van der Waals surface area contributed by atoms with E-state index in [-0.39, 0.29) is 35.7 Å². The minimum absolute atomic E-state index is 0. The van der Waals surface area contributed by atoms with Crippen LogP contribution in [0.3, 0.4) is 0 Å². The van der Waals surface area contributed by atoms with Gasteiger partial charge in [0, 0.05) is 0 Å². The van der Waals surface area contributed by atoms with Crippen LogP contribution in [0, 0.1) is 6.92 Å². The molecule has 0 aliphatic carbocycles. The van der Waals surface area contributed by atoms with Crippen molar-refractivity contribution in [3.05, 3.63) is 132 Å². The van der Waals surface area contributed by atoms with Crippen LogP contribution in [0.5, 0.6) is 0 Å². The van der Waals surface area contributed by atoms with Crippen molar-refractivity contribution < 1.29 is 48.1 Å². The Labute approximate surface area is 293 Å². The maximum atomic E-state index is 2.34. The maximum absolute atomic E-state index is 2.34. The number of fused-ring (bicyclic) bond motifs is 2. The van der Waals surface area contributed by atoms with Crippen molar-refractivity contribution in [3.63, 3.8) is 0 Å². The third kappa shape index (κ3) is 9.64. The van der Waals surface area contributed by atoms with Gasteiger partial charge in [-0.1, -0.05) is 125 Å². The second-order valence-electron chi connectivity index (χ2n) is 12.8. The summed E-state index contributed by atoms with van der Waals surface area (Å²) in [7, 11) is 0. The van der Waals surface area contributed by atoms with Crippen molar-refractivity contribution in [2.45, 2.75) is 66.0 Å². The fourth-order valence-electron chi connectivity index (χ4n) is 5.43. The molecule has 6 rings (SSSR count). The van der Waals surface area contributed by atoms with Gasteiger partial charge >= 0.3 is 41.9 Å². The third-order valence-electron chi connectivity index (χ3n) is 7.45. The molecule has 0 saturated carbocycles. The molecular formula is C40H44Cl2SiZr-2. The monoisotopic (exact) mass is 712 g/mol.